The van der Waals surface area contributed by atoms with Gasteiger partial charge in [-0.3, -0.25) is 9.59 Å². The third kappa shape index (κ3) is 3.01. The second-order valence-electron chi connectivity index (χ2n) is 7.20. The van der Waals surface area contributed by atoms with Crippen LogP contribution in [0.15, 0.2) is 42.5 Å². The van der Waals surface area contributed by atoms with Gasteiger partial charge in [-0.05, 0) is 62.2 Å². The highest BCUT2D eigenvalue weighted by molar-refractivity contribution is 6.08. The molecule has 1 aromatic heterocycles. The largest absolute Gasteiger partial charge is 0.310 e. The topological polar surface area (TPSA) is 64.0 Å². The van der Waals surface area contributed by atoms with Crippen molar-refractivity contribution in [2.45, 2.75) is 33.1 Å². The molecule has 6 heteroatoms. The zero-order valence-electron chi connectivity index (χ0n) is 15.9. The predicted octanol–water partition coefficient (Wildman–Crippen LogP) is 4.25. The minimum absolute atomic E-state index is 0.0781. The molecular formula is C22H20FN3O2. The number of hydrogen-bond donors (Lipinski definition) is 1. The maximum absolute atomic E-state index is 13.3. The summed E-state index contributed by atoms with van der Waals surface area (Å²) in [6.07, 6.45) is 0.0781. The van der Waals surface area contributed by atoms with Gasteiger partial charge < -0.3 is 5.32 Å². The molecule has 0 bridgehead atoms. The van der Waals surface area contributed by atoms with Crippen molar-refractivity contribution < 1.29 is 14.0 Å². The summed E-state index contributed by atoms with van der Waals surface area (Å²) in [6.45, 7) is 5.77. The van der Waals surface area contributed by atoms with Gasteiger partial charge in [0.05, 0.1) is 17.3 Å². The van der Waals surface area contributed by atoms with E-state index < -0.39 is 5.92 Å². The minimum atomic E-state index is -0.597. The first-order chi connectivity index (χ1) is 13.3. The van der Waals surface area contributed by atoms with Crippen LogP contribution < -0.4 is 5.32 Å². The first-order valence-electron chi connectivity index (χ1n) is 9.12. The number of Topliss-reactive ketones (excluding diaryl/α,β-unsaturated/α-hetero) is 1. The van der Waals surface area contributed by atoms with Gasteiger partial charge in [0.25, 0.3) is 0 Å². The van der Waals surface area contributed by atoms with Gasteiger partial charge in [0.2, 0.25) is 5.91 Å². The van der Waals surface area contributed by atoms with E-state index in [0.717, 1.165) is 11.1 Å². The Labute approximate surface area is 162 Å². The summed E-state index contributed by atoms with van der Waals surface area (Å²) in [5, 5.41) is 7.35. The number of nitrogens with one attached hydrogen (secondary N) is 1. The number of aryl methyl sites for hydroxylation is 3. The molecule has 0 saturated heterocycles. The van der Waals surface area contributed by atoms with E-state index in [1.165, 1.54) is 12.1 Å². The Hall–Kier alpha value is -3.28. The molecule has 3 aromatic rings. The highest BCUT2D eigenvalue weighted by Crippen LogP contribution is 2.38. The fourth-order valence-electron chi connectivity index (χ4n) is 3.64. The number of rotatable bonds is 3. The average molecular weight is 377 g/mol. The van der Waals surface area contributed by atoms with Crippen LogP contribution in [-0.4, -0.2) is 21.5 Å². The first-order valence-corrected chi connectivity index (χ1v) is 9.12. The molecule has 1 atom stereocenters. The second kappa shape index (κ2) is 6.71. The number of benzene rings is 2. The number of nitrogens with zero attached hydrogens (tertiary/aromatic N) is 2. The van der Waals surface area contributed by atoms with Crippen molar-refractivity contribution in [3.8, 4) is 5.69 Å². The SMILES string of the molecule is Cc1ccc(C(=O)[C@H]2CC(=O)Nc3c2c(C)nn3-c2ccc(F)cc2)cc1C. The van der Waals surface area contributed by atoms with Gasteiger partial charge >= 0.3 is 0 Å². The molecule has 142 valence electrons. The number of ketones is 1. The Balaban J connectivity index is 1.81. The summed E-state index contributed by atoms with van der Waals surface area (Å²) in [7, 11) is 0. The van der Waals surface area contributed by atoms with Gasteiger partial charge in [-0.1, -0.05) is 12.1 Å². The van der Waals surface area contributed by atoms with Gasteiger partial charge in [0.1, 0.15) is 11.6 Å². The third-order valence-corrected chi connectivity index (χ3v) is 5.28. The van der Waals surface area contributed by atoms with Crippen molar-refractivity contribution >= 4 is 17.5 Å². The van der Waals surface area contributed by atoms with Crippen LogP contribution in [0, 0.1) is 26.6 Å². The Morgan fingerprint density at radius 3 is 2.50 bits per heavy atom. The van der Waals surface area contributed by atoms with E-state index in [4.69, 9.17) is 0 Å². The first kappa shape index (κ1) is 18.1. The van der Waals surface area contributed by atoms with Crippen LogP contribution in [-0.2, 0) is 4.79 Å². The Kier molecular flexibility index (Phi) is 4.34. The van der Waals surface area contributed by atoms with Crippen LogP contribution in [0.4, 0.5) is 10.2 Å². The smallest absolute Gasteiger partial charge is 0.226 e. The zero-order valence-corrected chi connectivity index (χ0v) is 15.9. The van der Waals surface area contributed by atoms with Crippen LogP contribution in [0.3, 0.4) is 0 Å². The maximum Gasteiger partial charge on any atom is 0.226 e. The van der Waals surface area contributed by atoms with Crippen LogP contribution in [0.25, 0.3) is 5.69 Å². The molecular weight excluding hydrogens is 357 g/mol. The average Bonchev–Trinajstić information content (AvgIpc) is 3.00. The lowest BCUT2D eigenvalue weighted by Crippen LogP contribution is -2.28. The standard InChI is InChI=1S/C22H20FN3O2/c1-12-4-5-15(10-13(12)2)21(28)18-11-19(27)24-22-20(18)14(3)25-26(22)17-8-6-16(23)7-9-17/h4-10,18H,11H2,1-3H3,(H,24,27)/t18-/m0/s1. The van der Waals surface area contributed by atoms with Gasteiger partial charge in [-0.15, -0.1) is 0 Å². The zero-order chi connectivity index (χ0) is 20.0. The second-order valence-corrected chi connectivity index (χ2v) is 7.20. The van der Waals surface area contributed by atoms with E-state index in [0.29, 0.717) is 28.3 Å². The van der Waals surface area contributed by atoms with Crippen molar-refractivity contribution in [2.75, 3.05) is 5.32 Å². The molecule has 1 amide bonds. The molecule has 2 aromatic carbocycles. The lowest BCUT2D eigenvalue weighted by molar-refractivity contribution is -0.116. The molecule has 0 fully saturated rings. The molecule has 5 nitrogen and oxygen atoms in total. The molecule has 0 saturated carbocycles. The number of anilines is 1. The summed E-state index contributed by atoms with van der Waals surface area (Å²) in [5.74, 6) is -0.810. The number of halogens is 1. The molecule has 1 aliphatic rings. The van der Waals surface area contributed by atoms with Crippen molar-refractivity contribution in [2.24, 2.45) is 0 Å². The number of amides is 1. The van der Waals surface area contributed by atoms with Crippen molar-refractivity contribution in [1.29, 1.82) is 0 Å². The van der Waals surface area contributed by atoms with E-state index in [1.807, 2.05) is 32.9 Å². The number of hydrogen-bond acceptors (Lipinski definition) is 3. The predicted molar refractivity (Wildman–Crippen MR) is 104 cm³/mol. The van der Waals surface area contributed by atoms with Crippen LogP contribution in [0.1, 0.15) is 45.1 Å². The molecule has 0 radical (unpaired) electrons. The minimum Gasteiger partial charge on any atom is -0.310 e. The number of aromatic nitrogens is 2. The number of carbonyl (C=O) groups excluding carboxylic acids is 2. The summed E-state index contributed by atoms with van der Waals surface area (Å²) in [4.78, 5) is 25.6. The van der Waals surface area contributed by atoms with E-state index >= 15 is 0 Å². The van der Waals surface area contributed by atoms with Crippen molar-refractivity contribution in [3.05, 3.63) is 76.2 Å². The Bertz CT molecular complexity index is 1100. The van der Waals surface area contributed by atoms with Crippen LogP contribution in [0.5, 0.6) is 0 Å². The summed E-state index contributed by atoms with van der Waals surface area (Å²) >= 11 is 0. The molecule has 1 aliphatic heterocycles. The number of carbonyl (C=O) groups is 2. The molecule has 0 spiro atoms. The Morgan fingerprint density at radius 1 is 1.11 bits per heavy atom. The molecule has 0 aliphatic carbocycles. The fraction of sp³-hybridized carbons (Fsp3) is 0.227. The summed E-state index contributed by atoms with van der Waals surface area (Å²) in [6, 6.07) is 11.4. The van der Waals surface area contributed by atoms with E-state index in [2.05, 4.69) is 10.4 Å². The lowest BCUT2D eigenvalue weighted by Gasteiger charge is -2.23. The molecule has 1 N–H and O–H groups in total. The third-order valence-electron chi connectivity index (χ3n) is 5.28. The van der Waals surface area contributed by atoms with Gasteiger partial charge in [0.15, 0.2) is 5.78 Å². The van der Waals surface area contributed by atoms with Gasteiger partial charge in [-0.25, -0.2) is 9.07 Å². The summed E-state index contributed by atoms with van der Waals surface area (Å²) in [5.41, 5.74) is 4.73. The fourth-order valence-corrected chi connectivity index (χ4v) is 3.64. The monoisotopic (exact) mass is 377 g/mol. The highest BCUT2D eigenvalue weighted by atomic mass is 19.1. The van der Waals surface area contributed by atoms with Gasteiger partial charge in [0, 0.05) is 17.5 Å². The molecule has 2 heterocycles. The van der Waals surface area contributed by atoms with E-state index in [9.17, 15) is 14.0 Å². The van der Waals surface area contributed by atoms with Crippen LogP contribution in [0.2, 0.25) is 0 Å². The maximum atomic E-state index is 13.3. The van der Waals surface area contributed by atoms with Crippen molar-refractivity contribution in [1.82, 2.24) is 9.78 Å². The molecule has 28 heavy (non-hydrogen) atoms. The summed E-state index contributed by atoms with van der Waals surface area (Å²) < 4.78 is 14.8. The molecule has 0 unspecified atom stereocenters. The van der Waals surface area contributed by atoms with E-state index in [1.54, 1.807) is 22.9 Å². The molecule has 4 rings (SSSR count). The Morgan fingerprint density at radius 2 is 1.82 bits per heavy atom. The van der Waals surface area contributed by atoms with Crippen molar-refractivity contribution in [3.63, 3.8) is 0 Å². The highest BCUT2D eigenvalue weighted by Gasteiger charge is 2.36. The lowest BCUT2D eigenvalue weighted by atomic mass is 9.85. The number of fused-ring (bicyclic) bond motifs is 1. The van der Waals surface area contributed by atoms with E-state index in [-0.39, 0.29) is 23.9 Å². The quantitative estimate of drug-likeness (QED) is 0.694. The van der Waals surface area contributed by atoms with Crippen LogP contribution >= 0.6 is 0 Å². The normalized spacial score (nSPS) is 15.9. The van der Waals surface area contributed by atoms with Gasteiger partial charge in [-0.2, -0.15) is 5.10 Å².